The van der Waals surface area contributed by atoms with Crippen LogP contribution >= 0.6 is 0 Å². The van der Waals surface area contributed by atoms with Gasteiger partial charge in [-0.15, -0.1) is 0 Å². The van der Waals surface area contributed by atoms with Crippen LogP contribution in [0.15, 0.2) is 71.5 Å². The maximum absolute atomic E-state index is 3.86. The average molecular weight is 309 g/mol. The minimum absolute atomic E-state index is 0.0793. The van der Waals surface area contributed by atoms with Crippen molar-refractivity contribution in [1.29, 1.82) is 0 Å². The number of hydrogen-bond acceptors (Lipinski definition) is 1. The molecule has 1 heteroatoms. The molecule has 0 aromatic carbocycles. The highest BCUT2D eigenvalue weighted by Gasteiger charge is 2.28. The number of allylic oxidation sites excluding steroid dienone is 9. The highest BCUT2D eigenvalue weighted by Crippen LogP contribution is 2.37. The van der Waals surface area contributed by atoms with E-state index in [0.717, 1.165) is 5.57 Å². The molecule has 124 valence electrons. The van der Waals surface area contributed by atoms with Gasteiger partial charge in [-0.3, -0.25) is 0 Å². The van der Waals surface area contributed by atoms with Gasteiger partial charge < -0.3 is 5.32 Å². The van der Waals surface area contributed by atoms with Crippen molar-refractivity contribution < 1.29 is 0 Å². The van der Waals surface area contributed by atoms with E-state index in [1.54, 1.807) is 5.57 Å². The number of unbranched alkanes of at least 4 members (excludes halogenated alkanes) is 1. The summed E-state index contributed by atoms with van der Waals surface area (Å²) in [7, 11) is 0. The molecule has 2 aliphatic carbocycles. The Morgan fingerprint density at radius 1 is 1.30 bits per heavy atom. The van der Waals surface area contributed by atoms with Crippen LogP contribution in [0.25, 0.3) is 0 Å². The number of nitrogens with one attached hydrogen (secondary N) is 1. The van der Waals surface area contributed by atoms with Crippen molar-refractivity contribution in [1.82, 2.24) is 5.32 Å². The van der Waals surface area contributed by atoms with Crippen LogP contribution in [0.1, 0.15) is 59.3 Å². The SMILES string of the molecule is C=C(C)/C=C\C=C/NC1(C)C=C(C2=CC=C(CCCC)C2)CC1. The van der Waals surface area contributed by atoms with Crippen LogP contribution in [0.5, 0.6) is 0 Å². The van der Waals surface area contributed by atoms with Crippen LogP contribution in [0.4, 0.5) is 0 Å². The Bertz CT molecular complexity index is 583. The summed E-state index contributed by atoms with van der Waals surface area (Å²) in [6, 6.07) is 0. The van der Waals surface area contributed by atoms with Crippen molar-refractivity contribution in [3.63, 3.8) is 0 Å². The van der Waals surface area contributed by atoms with Gasteiger partial charge in [-0.2, -0.15) is 0 Å². The molecule has 0 heterocycles. The first-order valence-corrected chi connectivity index (χ1v) is 8.89. The first-order valence-electron chi connectivity index (χ1n) is 8.89. The van der Waals surface area contributed by atoms with Crippen LogP contribution in [0.3, 0.4) is 0 Å². The van der Waals surface area contributed by atoms with E-state index >= 15 is 0 Å². The fourth-order valence-corrected chi connectivity index (χ4v) is 3.18. The number of rotatable bonds is 8. The topological polar surface area (TPSA) is 12.0 Å². The molecule has 0 spiro atoms. The zero-order valence-corrected chi connectivity index (χ0v) is 15.0. The quantitative estimate of drug-likeness (QED) is 0.530. The molecule has 1 N–H and O–H groups in total. The first kappa shape index (κ1) is 17.6. The molecule has 0 amide bonds. The van der Waals surface area contributed by atoms with Crippen LogP contribution in [-0.2, 0) is 0 Å². The second-order valence-electron chi connectivity index (χ2n) is 7.09. The molecule has 23 heavy (non-hydrogen) atoms. The van der Waals surface area contributed by atoms with Gasteiger partial charge in [0.15, 0.2) is 0 Å². The first-order chi connectivity index (χ1) is 11.0. The molecule has 0 bridgehead atoms. The zero-order chi connectivity index (χ0) is 16.7. The molecule has 0 radical (unpaired) electrons. The third-order valence-electron chi connectivity index (χ3n) is 4.61. The Morgan fingerprint density at radius 3 is 2.87 bits per heavy atom. The summed E-state index contributed by atoms with van der Waals surface area (Å²) in [6.45, 7) is 10.4. The summed E-state index contributed by atoms with van der Waals surface area (Å²) >= 11 is 0. The largest absolute Gasteiger partial charge is 0.382 e. The molecule has 0 fully saturated rings. The third kappa shape index (κ3) is 5.42. The van der Waals surface area contributed by atoms with E-state index in [-0.39, 0.29) is 5.54 Å². The Morgan fingerprint density at radius 2 is 2.13 bits per heavy atom. The van der Waals surface area contributed by atoms with Crippen LogP contribution in [0, 0.1) is 0 Å². The highest BCUT2D eigenvalue weighted by molar-refractivity contribution is 5.46. The summed E-state index contributed by atoms with van der Waals surface area (Å²) in [4.78, 5) is 0. The summed E-state index contributed by atoms with van der Waals surface area (Å²) < 4.78 is 0. The molecule has 1 nitrogen and oxygen atoms in total. The Labute approximate surface area is 142 Å². The molecule has 0 aliphatic heterocycles. The molecular formula is C22H31N. The van der Waals surface area contributed by atoms with Crippen LogP contribution < -0.4 is 5.32 Å². The zero-order valence-electron chi connectivity index (χ0n) is 15.0. The third-order valence-corrected chi connectivity index (χ3v) is 4.61. The van der Waals surface area contributed by atoms with Gasteiger partial charge in [0, 0.05) is 0 Å². The maximum atomic E-state index is 3.86. The van der Waals surface area contributed by atoms with E-state index in [1.165, 1.54) is 49.7 Å². The lowest BCUT2D eigenvalue weighted by Gasteiger charge is -2.21. The van der Waals surface area contributed by atoms with Gasteiger partial charge in [0.05, 0.1) is 5.54 Å². The normalized spacial score (nSPS) is 24.2. The van der Waals surface area contributed by atoms with E-state index in [1.807, 2.05) is 31.4 Å². The lowest BCUT2D eigenvalue weighted by atomic mass is 10.00. The predicted molar refractivity (Wildman–Crippen MR) is 102 cm³/mol. The lowest BCUT2D eigenvalue weighted by molar-refractivity contribution is 0.490. The summed E-state index contributed by atoms with van der Waals surface area (Å²) in [6.07, 6.45) is 22.6. The van der Waals surface area contributed by atoms with Crippen molar-refractivity contribution in [3.05, 3.63) is 71.5 Å². The summed E-state index contributed by atoms with van der Waals surface area (Å²) in [5.74, 6) is 0. The minimum Gasteiger partial charge on any atom is -0.382 e. The van der Waals surface area contributed by atoms with Gasteiger partial charge in [0.1, 0.15) is 0 Å². The standard InChI is InChI=1S/C22H31N/c1-5-6-10-19-11-12-20(16-19)21-13-14-22(4,17-21)23-15-8-7-9-18(2)3/h7-9,11-12,15,17,23H,2,5-6,10,13-14,16H2,1,3-4H3/b9-7-,15-8-. The van der Waals surface area contributed by atoms with Crippen molar-refractivity contribution in [2.24, 2.45) is 0 Å². The van der Waals surface area contributed by atoms with Crippen molar-refractivity contribution in [2.45, 2.75) is 64.8 Å². The summed E-state index contributed by atoms with van der Waals surface area (Å²) in [5.41, 5.74) is 5.83. The molecule has 0 aromatic rings. The molecule has 0 saturated heterocycles. The van der Waals surface area contributed by atoms with Gasteiger partial charge in [0.2, 0.25) is 0 Å². The van der Waals surface area contributed by atoms with Crippen molar-refractivity contribution in [2.75, 3.05) is 0 Å². The fraction of sp³-hybridized carbons (Fsp3) is 0.455. The van der Waals surface area contributed by atoms with Crippen LogP contribution in [-0.4, -0.2) is 5.54 Å². The summed E-state index contributed by atoms with van der Waals surface area (Å²) in [5, 5.41) is 3.55. The molecule has 1 unspecified atom stereocenters. The van der Waals surface area contributed by atoms with Gasteiger partial charge in [-0.1, -0.05) is 61.4 Å². The Balaban J connectivity index is 1.87. The minimum atomic E-state index is 0.0793. The van der Waals surface area contributed by atoms with E-state index < -0.39 is 0 Å². The fourth-order valence-electron chi connectivity index (χ4n) is 3.18. The van der Waals surface area contributed by atoms with Gasteiger partial charge in [0.25, 0.3) is 0 Å². The van der Waals surface area contributed by atoms with Crippen molar-refractivity contribution in [3.8, 4) is 0 Å². The van der Waals surface area contributed by atoms with Gasteiger partial charge in [-0.25, -0.2) is 0 Å². The lowest BCUT2D eigenvalue weighted by Crippen LogP contribution is -2.34. The monoisotopic (exact) mass is 309 g/mol. The predicted octanol–water partition coefficient (Wildman–Crippen LogP) is 6.15. The molecule has 2 aliphatic rings. The van der Waals surface area contributed by atoms with E-state index in [4.69, 9.17) is 0 Å². The highest BCUT2D eigenvalue weighted by atomic mass is 14.9. The molecule has 1 atom stereocenters. The molecular weight excluding hydrogens is 278 g/mol. The second-order valence-corrected chi connectivity index (χ2v) is 7.09. The molecule has 0 saturated carbocycles. The van der Waals surface area contributed by atoms with Crippen LogP contribution in [0.2, 0.25) is 0 Å². The smallest absolute Gasteiger partial charge is 0.0531 e. The van der Waals surface area contributed by atoms with Crippen molar-refractivity contribution >= 4 is 0 Å². The van der Waals surface area contributed by atoms with E-state index in [9.17, 15) is 0 Å². The second kappa shape index (κ2) is 8.19. The van der Waals surface area contributed by atoms with Gasteiger partial charge >= 0.3 is 0 Å². The van der Waals surface area contributed by atoms with E-state index in [2.05, 4.69) is 44.0 Å². The molecule has 0 aromatic heterocycles. The van der Waals surface area contributed by atoms with Gasteiger partial charge in [-0.05, 0) is 69.4 Å². The Hall–Kier alpha value is -1.76. The molecule has 2 rings (SSSR count). The Kier molecular flexibility index (Phi) is 6.27. The maximum Gasteiger partial charge on any atom is 0.0531 e. The average Bonchev–Trinajstić information content (AvgIpc) is 3.11. The number of hydrogen-bond donors (Lipinski definition) is 1. The van der Waals surface area contributed by atoms with E-state index in [0.29, 0.717) is 0 Å².